The number of nitrogens with zero attached hydrogens (tertiary/aromatic N) is 4. The molecule has 1 saturated heterocycles. The van der Waals surface area contributed by atoms with Crippen molar-refractivity contribution in [3.05, 3.63) is 16.9 Å². The number of rotatable bonds is 6. The maximum atomic E-state index is 12.4. The van der Waals surface area contributed by atoms with E-state index in [0.29, 0.717) is 45.4 Å². The molecular formula is C17H27BrN4O4. The summed E-state index contributed by atoms with van der Waals surface area (Å²) < 4.78 is 17.0. The third-order valence-corrected chi connectivity index (χ3v) is 4.15. The minimum absolute atomic E-state index is 0.0608. The Bertz CT molecular complexity index is 579. The van der Waals surface area contributed by atoms with E-state index in [-0.39, 0.29) is 12.1 Å². The first-order chi connectivity index (χ1) is 12.3. The largest absolute Gasteiger partial charge is 0.444 e. The Kier molecular flexibility index (Phi) is 7.60. The summed E-state index contributed by atoms with van der Waals surface area (Å²) in [6.45, 7) is 8.70. The minimum atomic E-state index is -0.520. The van der Waals surface area contributed by atoms with E-state index in [9.17, 15) is 4.79 Å². The summed E-state index contributed by atoms with van der Waals surface area (Å²) in [4.78, 5) is 25.0. The molecule has 2 heterocycles. The van der Waals surface area contributed by atoms with Crippen molar-refractivity contribution in [3.8, 4) is 0 Å². The molecule has 26 heavy (non-hydrogen) atoms. The number of carbonyl (C=O) groups is 1. The van der Waals surface area contributed by atoms with Gasteiger partial charge in [-0.05, 0) is 36.7 Å². The Morgan fingerprint density at radius 3 is 2.58 bits per heavy atom. The van der Waals surface area contributed by atoms with Gasteiger partial charge in [-0.2, -0.15) is 0 Å². The number of anilines is 1. The number of hydrogen-bond donors (Lipinski definition) is 0. The van der Waals surface area contributed by atoms with Crippen molar-refractivity contribution >= 4 is 28.0 Å². The Morgan fingerprint density at radius 2 is 1.96 bits per heavy atom. The number of ether oxygens (including phenoxy) is 3. The van der Waals surface area contributed by atoms with Crippen LogP contribution in [0.25, 0.3) is 0 Å². The van der Waals surface area contributed by atoms with Gasteiger partial charge >= 0.3 is 6.09 Å². The number of piperazine rings is 1. The zero-order chi connectivity index (χ0) is 19.2. The van der Waals surface area contributed by atoms with Gasteiger partial charge in [0.05, 0.1) is 30.3 Å². The van der Waals surface area contributed by atoms with Gasteiger partial charge in [-0.15, -0.1) is 0 Å². The van der Waals surface area contributed by atoms with E-state index in [2.05, 4.69) is 30.8 Å². The monoisotopic (exact) mass is 430 g/mol. The van der Waals surface area contributed by atoms with Crippen LogP contribution in [-0.4, -0.2) is 79.2 Å². The molecule has 8 nitrogen and oxygen atoms in total. The summed E-state index contributed by atoms with van der Waals surface area (Å²) in [7, 11) is 1.64. The van der Waals surface area contributed by atoms with Crippen molar-refractivity contribution in [1.82, 2.24) is 14.9 Å². The SMILES string of the molecule is COCCOC[C@H]1CN(C(=O)OC(C)(C)C)CCN1c1ncc(Br)cn1. The molecular weight excluding hydrogens is 404 g/mol. The van der Waals surface area contributed by atoms with Crippen LogP contribution in [-0.2, 0) is 14.2 Å². The van der Waals surface area contributed by atoms with Gasteiger partial charge in [-0.25, -0.2) is 14.8 Å². The Morgan fingerprint density at radius 1 is 1.27 bits per heavy atom. The number of amides is 1. The third kappa shape index (κ3) is 6.37. The standard InChI is InChI=1S/C17H27BrN4O4/c1-17(2,3)26-16(23)21-5-6-22(15-19-9-13(18)10-20-15)14(11-21)12-25-8-7-24-4/h9-10,14H,5-8,11-12H2,1-4H3/t14-/m1/s1. The van der Waals surface area contributed by atoms with Gasteiger partial charge in [0.15, 0.2) is 0 Å². The quantitative estimate of drug-likeness (QED) is 0.640. The highest BCUT2D eigenvalue weighted by atomic mass is 79.9. The molecule has 1 aliphatic rings. The number of halogens is 1. The Hall–Kier alpha value is -1.45. The van der Waals surface area contributed by atoms with Gasteiger partial charge in [0.25, 0.3) is 0 Å². The molecule has 0 aromatic carbocycles. The molecule has 1 aliphatic heterocycles. The van der Waals surface area contributed by atoms with E-state index in [4.69, 9.17) is 14.2 Å². The topological polar surface area (TPSA) is 77.0 Å². The van der Waals surface area contributed by atoms with Crippen molar-refractivity contribution in [2.45, 2.75) is 32.4 Å². The van der Waals surface area contributed by atoms with E-state index < -0.39 is 5.60 Å². The van der Waals surface area contributed by atoms with Crippen molar-refractivity contribution in [2.75, 3.05) is 51.5 Å². The minimum Gasteiger partial charge on any atom is -0.444 e. The summed E-state index contributed by atoms with van der Waals surface area (Å²) in [5.74, 6) is 0.623. The number of hydrogen-bond acceptors (Lipinski definition) is 7. The Labute approximate surface area is 162 Å². The molecule has 1 amide bonds. The summed E-state index contributed by atoms with van der Waals surface area (Å²) in [5, 5.41) is 0. The fourth-order valence-electron chi connectivity index (χ4n) is 2.57. The third-order valence-electron chi connectivity index (χ3n) is 3.74. The molecule has 1 aromatic rings. The smallest absolute Gasteiger partial charge is 0.410 e. The molecule has 0 bridgehead atoms. The average Bonchev–Trinajstić information content (AvgIpc) is 2.58. The van der Waals surface area contributed by atoms with E-state index in [1.807, 2.05) is 20.8 Å². The van der Waals surface area contributed by atoms with Crippen molar-refractivity contribution in [3.63, 3.8) is 0 Å². The predicted molar refractivity (Wildman–Crippen MR) is 101 cm³/mol. The molecule has 1 fully saturated rings. The van der Waals surface area contributed by atoms with Crippen LogP contribution in [0.4, 0.5) is 10.7 Å². The lowest BCUT2D eigenvalue weighted by Crippen LogP contribution is -2.57. The van der Waals surface area contributed by atoms with Gasteiger partial charge in [0.2, 0.25) is 5.95 Å². The molecule has 0 saturated carbocycles. The second-order valence-electron chi connectivity index (χ2n) is 7.04. The van der Waals surface area contributed by atoms with Gasteiger partial charge in [-0.3, -0.25) is 0 Å². The highest BCUT2D eigenvalue weighted by Gasteiger charge is 2.33. The molecule has 0 aliphatic carbocycles. The van der Waals surface area contributed by atoms with Crippen molar-refractivity contribution < 1.29 is 19.0 Å². The summed E-state index contributed by atoms with van der Waals surface area (Å²) >= 11 is 3.35. The van der Waals surface area contributed by atoms with Crippen molar-refractivity contribution in [1.29, 1.82) is 0 Å². The molecule has 1 atom stereocenters. The van der Waals surface area contributed by atoms with Gasteiger partial charge in [0, 0.05) is 39.1 Å². The summed E-state index contributed by atoms with van der Waals surface area (Å²) in [5.41, 5.74) is -0.520. The van der Waals surface area contributed by atoms with E-state index in [0.717, 1.165) is 4.47 Å². The van der Waals surface area contributed by atoms with Crippen LogP contribution in [0.2, 0.25) is 0 Å². The molecule has 2 rings (SSSR count). The van der Waals surface area contributed by atoms with Crippen LogP contribution in [0.1, 0.15) is 20.8 Å². The van der Waals surface area contributed by atoms with Gasteiger partial charge < -0.3 is 24.0 Å². The van der Waals surface area contributed by atoms with Crippen molar-refractivity contribution in [2.24, 2.45) is 0 Å². The van der Waals surface area contributed by atoms with Crippen LogP contribution in [0.15, 0.2) is 16.9 Å². The first kappa shape index (κ1) is 20.9. The molecule has 0 N–H and O–H groups in total. The second kappa shape index (κ2) is 9.48. The normalized spacial score (nSPS) is 18.1. The highest BCUT2D eigenvalue weighted by molar-refractivity contribution is 9.10. The number of aromatic nitrogens is 2. The molecule has 1 aromatic heterocycles. The Balaban J connectivity index is 2.06. The average molecular weight is 431 g/mol. The maximum absolute atomic E-state index is 12.4. The van der Waals surface area contributed by atoms with Crippen LogP contribution >= 0.6 is 15.9 Å². The second-order valence-corrected chi connectivity index (χ2v) is 7.96. The first-order valence-electron chi connectivity index (χ1n) is 8.59. The fourth-order valence-corrected chi connectivity index (χ4v) is 2.77. The van der Waals surface area contributed by atoms with Gasteiger partial charge in [-0.1, -0.05) is 0 Å². The van der Waals surface area contributed by atoms with Crippen LogP contribution in [0.3, 0.4) is 0 Å². The fraction of sp³-hybridized carbons (Fsp3) is 0.706. The predicted octanol–water partition coefficient (Wildman–Crippen LogP) is 2.33. The van der Waals surface area contributed by atoms with Crippen LogP contribution in [0.5, 0.6) is 0 Å². The zero-order valence-corrected chi connectivity index (χ0v) is 17.4. The zero-order valence-electron chi connectivity index (χ0n) is 15.8. The highest BCUT2D eigenvalue weighted by Crippen LogP contribution is 2.20. The summed E-state index contributed by atoms with van der Waals surface area (Å²) in [6.07, 6.45) is 3.12. The lowest BCUT2D eigenvalue weighted by molar-refractivity contribution is 0.0140. The number of methoxy groups -OCH3 is 1. The molecule has 0 radical (unpaired) electrons. The molecule has 9 heteroatoms. The maximum Gasteiger partial charge on any atom is 0.410 e. The van der Waals surface area contributed by atoms with E-state index in [1.54, 1.807) is 24.4 Å². The van der Waals surface area contributed by atoms with E-state index >= 15 is 0 Å². The van der Waals surface area contributed by atoms with Crippen LogP contribution < -0.4 is 4.90 Å². The lowest BCUT2D eigenvalue weighted by atomic mass is 10.2. The molecule has 0 spiro atoms. The van der Waals surface area contributed by atoms with E-state index in [1.165, 1.54) is 0 Å². The van der Waals surface area contributed by atoms with Gasteiger partial charge in [0.1, 0.15) is 5.60 Å². The number of carbonyl (C=O) groups excluding carboxylic acids is 1. The summed E-state index contributed by atoms with van der Waals surface area (Å²) in [6, 6.07) is -0.0608. The first-order valence-corrected chi connectivity index (χ1v) is 9.38. The van der Waals surface area contributed by atoms with Crippen LogP contribution in [0, 0.1) is 0 Å². The molecule has 0 unspecified atom stereocenters. The lowest BCUT2D eigenvalue weighted by Gasteiger charge is -2.41. The molecule has 146 valence electrons.